The van der Waals surface area contributed by atoms with Crippen molar-refractivity contribution in [2.75, 3.05) is 6.61 Å². The minimum Gasteiger partial charge on any atom is -0.396 e. The van der Waals surface area contributed by atoms with Crippen LogP contribution in [0.25, 0.3) is 0 Å². The Morgan fingerprint density at radius 3 is 2.67 bits per heavy atom. The summed E-state index contributed by atoms with van der Waals surface area (Å²) in [7, 11) is 0. The average Bonchev–Trinajstić information content (AvgIpc) is 2.34. The summed E-state index contributed by atoms with van der Waals surface area (Å²) in [4.78, 5) is 4.79. The predicted molar refractivity (Wildman–Crippen MR) is 37.2 cm³/mol. The lowest BCUT2D eigenvalue weighted by atomic mass is 10.3. The van der Waals surface area contributed by atoms with E-state index in [1.165, 1.54) is 18.6 Å². The highest BCUT2D eigenvalue weighted by Crippen LogP contribution is 2.14. The SMILES string of the molecule is [CH2]CON=C1CCCC1. The molecule has 0 unspecified atom stereocenters. The van der Waals surface area contributed by atoms with Gasteiger partial charge in [0, 0.05) is 0 Å². The normalized spacial score (nSPS) is 18.1. The van der Waals surface area contributed by atoms with Crippen LogP contribution in [0.3, 0.4) is 0 Å². The van der Waals surface area contributed by atoms with Crippen LogP contribution in [0.15, 0.2) is 5.16 Å². The van der Waals surface area contributed by atoms with Gasteiger partial charge < -0.3 is 4.84 Å². The Morgan fingerprint density at radius 1 is 1.44 bits per heavy atom. The highest BCUT2D eigenvalue weighted by Gasteiger charge is 2.07. The molecule has 1 radical (unpaired) electrons. The van der Waals surface area contributed by atoms with E-state index in [2.05, 4.69) is 12.1 Å². The number of hydrogen-bond donors (Lipinski definition) is 0. The molecule has 0 amide bonds. The molecule has 2 nitrogen and oxygen atoms in total. The van der Waals surface area contributed by atoms with Gasteiger partial charge in [0.05, 0.1) is 5.71 Å². The summed E-state index contributed by atoms with van der Waals surface area (Å²) >= 11 is 0. The number of nitrogens with zero attached hydrogens (tertiary/aromatic N) is 1. The third kappa shape index (κ3) is 2.04. The van der Waals surface area contributed by atoms with Crippen molar-refractivity contribution in [2.24, 2.45) is 5.16 Å². The molecule has 1 aliphatic rings. The Bertz CT molecular complexity index is 101. The first-order chi connectivity index (χ1) is 4.43. The Balaban J connectivity index is 2.22. The molecule has 0 aromatic heterocycles. The van der Waals surface area contributed by atoms with Crippen molar-refractivity contribution in [3.05, 3.63) is 6.92 Å². The van der Waals surface area contributed by atoms with Gasteiger partial charge in [-0.2, -0.15) is 0 Å². The highest BCUT2D eigenvalue weighted by atomic mass is 16.6. The second-order valence-electron chi connectivity index (χ2n) is 2.20. The van der Waals surface area contributed by atoms with Crippen LogP contribution in [0, 0.1) is 6.92 Å². The third-order valence-electron chi connectivity index (χ3n) is 1.47. The smallest absolute Gasteiger partial charge is 0.117 e. The average molecular weight is 126 g/mol. The van der Waals surface area contributed by atoms with Crippen LogP contribution in [0.2, 0.25) is 0 Å². The van der Waals surface area contributed by atoms with E-state index in [0.717, 1.165) is 12.8 Å². The number of hydrogen-bond acceptors (Lipinski definition) is 2. The third-order valence-corrected chi connectivity index (χ3v) is 1.47. The van der Waals surface area contributed by atoms with Crippen molar-refractivity contribution in [3.8, 4) is 0 Å². The molecule has 0 aliphatic heterocycles. The maximum absolute atomic E-state index is 4.79. The Labute approximate surface area is 55.9 Å². The summed E-state index contributed by atoms with van der Waals surface area (Å²) in [5.74, 6) is 0. The van der Waals surface area contributed by atoms with Gasteiger partial charge in [-0.3, -0.25) is 0 Å². The Morgan fingerprint density at radius 2 is 2.11 bits per heavy atom. The van der Waals surface area contributed by atoms with Crippen LogP contribution in [0.4, 0.5) is 0 Å². The zero-order valence-corrected chi connectivity index (χ0v) is 5.60. The minimum absolute atomic E-state index is 0.448. The van der Waals surface area contributed by atoms with E-state index in [0.29, 0.717) is 6.61 Å². The van der Waals surface area contributed by atoms with Gasteiger partial charge in [0.2, 0.25) is 0 Å². The zero-order valence-electron chi connectivity index (χ0n) is 5.60. The van der Waals surface area contributed by atoms with Crippen LogP contribution in [0.5, 0.6) is 0 Å². The summed E-state index contributed by atoms with van der Waals surface area (Å²) < 4.78 is 0. The monoisotopic (exact) mass is 126 g/mol. The molecule has 0 aromatic carbocycles. The van der Waals surface area contributed by atoms with Crippen LogP contribution in [-0.2, 0) is 4.84 Å². The summed E-state index contributed by atoms with van der Waals surface area (Å²) in [5.41, 5.74) is 1.21. The van der Waals surface area contributed by atoms with Gasteiger partial charge in [-0.1, -0.05) is 5.16 Å². The van der Waals surface area contributed by atoms with E-state index in [4.69, 9.17) is 4.84 Å². The Hall–Kier alpha value is -0.530. The molecule has 1 fully saturated rings. The maximum Gasteiger partial charge on any atom is 0.117 e. The molecule has 0 N–H and O–H groups in total. The van der Waals surface area contributed by atoms with Crippen molar-refractivity contribution in [1.82, 2.24) is 0 Å². The molecule has 0 saturated heterocycles. The highest BCUT2D eigenvalue weighted by molar-refractivity contribution is 5.85. The molecule has 0 aromatic rings. The molecule has 0 bridgehead atoms. The minimum atomic E-state index is 0.448. The molecule has 1 rings (SSSR count). The molecule has 51 valence electrons. The molecular weight excluding hydrogens is 114 g/mol. The molecule has 0 heterocycles. The second-order valence-corrected chi connectivity index (χ2v) is 2.20. The van der Waals surface area contributed by atoms with E-state index in [9.17, 15) is 0 Å². The van der Waals surface area contributed by atoms with E-state index in [-0.39, 0.29) is 0 Å². The molecule has 1 saturated carbocycles. The maximum atomic E-state index is 4.79. The first kappa shape index (κ1) is 6.59. The van der Waals surface area contributed by atoms with Gasteiger partial charge in [-0.05, 0) is 32.6 Å². The first-order valence-corrected chi connectivity index (χ1v) is 3.40. The van der Waals surface area contributed by atoms with Gasteiger partial charge in [0.25, 0.3) is 0 Å². The van der Waals surface area contributed by atoms with E-state index >= 15 is 0 Å². The van der Waals surface area contributed by atoms with Gasteiger partial charge in [-0.25, -0.2) is 0 Å². The number of rotatable bonds is 2. The van der Waals surface area contributed by atoms with Crippen LogP contribution < -0.4 is 0 Å². The molecular formula is C7H12NO. The molecule has 2 heteroatoms. The van der Waals surface area contributed by atoms with Gasteiger partial charge >= 0.3 is 0 Å². The van der Waals surface area contributed by atoms with Crippen LogP contribution in [-0.4, -0.2) is 12.3 Å². The van der Waals surface area contributed by atoms with Crippen molar-refractivity contribution in [2.45, 2.75) is 25.7 Å². The van der Waals surface area contributed by atoms with Gasteiger partial charge in [0.15, 0.2) is 0 Å². The van der Waals surface area contributed by atoms with E-state index in [1.807, 2.05) is 0 Å². The Kier molecular flexibility index (Phi) is 2.55. The standard InChI is InChI=1S/C7H12NO/c1-2-9-8-7-5-3-4-6-7/h1-6H2. The number of oxime groups is 1. The lowest BCUT2D eigenvalue weighted by molar-refractivity contribution is 0.172. The van der Waals surface area contributed by atoms with Crippen molar-refractivity contribution < 1.29 is 4.84 Å². The van der Waals surface area contributed by atoms with E-state index in [1.54, 1.807) is 0 Å². The fourth-order valence-electron chi connectivity index (χ4n) is 1.01. The topological polar surface area (TPSA) is 21.6 Å². The second kappa shape index (κ2) is 3.49. The molecule has 9 heavy (non-hydrogen) atoms. The first-order valence-electron chi connectivity index (χ1n) is 3.40. The quantitative estimate of drug-likeness (QED) is 0.517. The zero-order chi connectivity index (χ0) is 6.53. The van der Waals surface area contributed by atoms with Gasteiger partial charge in [0.1, 0.15) is 6.61 Å². The largest absolute Gasteiger partial charge is 0.396 e. The van der Waals surface area contributed by atoms with E-state index < -0.39 is 0 Å². The van der Waals surface area contributed by atoms with Crippen molar-refractivity contribution in [3.63, 3.8) is 0 Å². The fourth-order valence-corrected chi connectivity index (χ4v) is 1.01. The van der Waals surface area contributed by atoms with Crippen molar-refractivity contribution >= 4 is 5.71 Å². The van der Waals surface area contributed by atoms with Crippen LogP contribution >= 0.6 is 0 Å². The molecule has 1 aliphatic carbocycles. The summed E-state index contributed by atoms with van der Waals surface area (Å²) in [6, 6.07) is 0. The summed E-state index contributed by atoms with van der Waals surface area (Å²) in [6.45, 7) is 3.97. The predicted octanol–water partition coefficient (Wildman–Crippen LogP) is 1.77. The fraction of sp³-hybridized carbons (Fsp3) is 0.714. The molecule has 0 spiro atoms. The van der Waals surface area contributed by atoms with Crippen LogP contribution in [0.1, 0.15) is 25.7 Å². The lowest BCUT2D eigenvalue weighted by Gasteiger charge is -1.93. The van der Waals surface area contributed by atoms with Crippen molar-refractivity contribution in [1.29, 1.82) is 0 Å². The summed E-state index contributed by atoms with van der Waals surface area (Å²) in [5, 5.41) is 3.90. The molecule has 0 atom stereocenters. The van der Waals surface area contributed by atoms with Gasteiger partial charge in [-0.15, -0.1) is 0 Å². The summed E-state index contributed by atoms with van der Waals surface area (Å²) in [6.07, 6.45) is 4.80. The lowest BCUT2D eigenvalue weighted by Crippen LogP contribution is -1.90.